The van der Waals surface area contributed by atoms with Crippen molar-refractivity contribution >= 4 is 28.8 Å². The molecule has 3 rings (SSSR count). The molecular weight excluding hydrogens is 430 g/mol. The molecule has 2 aromatic rings. The Balaban J connectivity index is 2.10. The van der Waals surface area contributed by atoms with Gasteiger partial charge in [0, 0.05) is 18.0 Å². The van der Waals surface area contributed by atoms with Gasteiger partial charge in [-0.15, -0.1) is 11.3 Å². The molecule has 1 aromatic heterocycles. The summed E-state index contributed by atoms with van der Waals surface area (Å²) in [6.45, 7) is 6.64. The van der Waals surface area contributed by atoms with Gasteiger partial charge in [0.15, 0.2) is 0 Å². The first-order chi connectivity index (χ1) is 15.3. The largest absolute Gasteiger partial charge is 0.507 e. The number of benzene rings is 1. The Labute approximate surface area is 192 Å². The summed E-state index contributed by atoms with van der Waals surface area (Å²) in [6, 6.07) is 6.21. The van der Waals surface area contributed by atoms with Crippen molar-refractivity contribution in [3.8, 4) is 11.5 Å². The van der Waals surface area contributed by atoms with Crippen LogP contribution < -0.4 is 9.47 Å². The molecule has 1 unspecified atom stereocenters. The minimum Gasteiger partial charge on any atom is -0.507 e. The van der Waals surface area contributed by atoms with Gasteiger partial charge in [0.1, 0.15) is 17.3 Å². The highest BCUT2D eigenvalue weighted by molar-refractivity contribution is 7.10. The molecule has 0 spiro atoms. The Morgan fingerprint density at radius 1 is 1.19 bits per heavy atom. The van der Waals surface area contributed by atoms with E-state index in [-0.39, 0.29) is 17.4 Å². The number of amides is 1. The van der Waals surface area contributed by atoms with Crippen molar-refractivity contribution in [2.24, 2.45) is 0 Å². The Kier molecular flexibility index (Phi) is 7.58. The second-order valence-corrected chi connectivity index (χ2v) is 8.75. The fourth-order valence-electron chi connectivity index (χ4n) is 3.75. The molecule has 1 fully saturated rings. The quantitative estimate of drug-likeness (QED) is 0.260. The number of likely N-dealkylation sites (tertiary alicyclic amines) is 1. The predicted molar refractivity (Wildman–Crippen MR) is 123 cm³/mol. The topological polar surface area (TPSA) is 85.3 Å². The minimum absolute atomic E-state index is 0.0527. The van der Waals surface area contributed by atoms with Crippen LogP contribution in [0.15, 0.2) is 35.2 Å². The lowest BCUT2D eigenvalue weighted by Crippen LogP contribution is -2.31. The summed E-state index contributed by atoms with van der Waals surface area (Å²) in [5.74, 6) is -0.749. The van der Waals surface area contributed by atoms with Crippen LogP contribution in [-0.2, 0) is 14.3 Å². The van der Waals surface area contributed by atoms with E-state index in [2.05, 4.69) is 0 Å². The van der Waals surface area contributed by atoms with Crippen LogP contribution in [0.25, 0.3) is 5.76 Å². The van der Waals surface area contributed by atoms with Crippen molar-refractivity contribution in [3.63, 3.8) is 0 Å². The number of ether oxygens (including phenoxy) is 3. The highest BCUT2D eigenvalue weighted by Gasteiger charge is 2.47. The second kappa shape index (κ2) is 10.2. The van der Waals surface area contributed by atoms with Crippen molar-refractivity contribution in [3.05, 3.63) is 51.2 Å². The van der Waals surface area contributed by atoms with Gasteiger partial charge < -0.3 is 24.2 Å². The minimum atomic E-state index is -0.713. The monoisotopic (exact) mass is 459 g/mol. The van der Waals surface area contributed by atoms with Crippen LogP contribution in [0.5, 0.6) is 11.5 Å². The molecule has 172 valence electrons. The SMILES string of the molecule is COc1ccc(OC)c(/C(O)=C2\C(=O)C(=O)N(CCCOC(C)C)C2c2sccc2C)c1. The molecule has 7 nitrogen and oxygen atoms in total. The Morgan fingerprint density at radius 3 is 2.53 bits per heavy atom. The molecule has 1 aliphatic rings. The van der Waals surface area contributed by atoms with Crippen molar-refractivity contribution in [1.29, 1.82) is 0 Å². The Hall–Kier alpha value is -2.84. The zero-order valence-electron chi connectivity index (χ0n) is 19.0. The molecule has 1 saturated heterocycles. The highest BCUT2D eigenvalue weighted by Crippen LogP contribution is 2.44. The van der Waals surface area contributed by atoms with Crippen LogP contribution in [0.4, 0.5) is 0 Å². The van der Waals surface area contributed by atoms with Crippen molar-refractivity contribution in [2.75, 3.05) is 27.4 Å². The summed E-state index contributed by atoms with van der Waals surface area (Å²) in [4.78, 5) is 28.5. The van der Waals surface area contributed by atoms with E-state index in [1.165, 1.54) is 30.5 Å². The first-order valence-electron chi connectivity index (χ1n) is 10.5. The van der Waals surface area contributed by atoms with Gasteiger partial charge in [-0.3, -0.25) is 9.59 Å². The lowest BCUT2D eigenvalue weighted by molar-refractivity contribution is -0.140. The summed E-state index contributed by atoms with van der Waals surface area (Å²) in [5, 5.41) is 13.2. The first kappa shape index (κ1) is 23.8. The zero-order valence-corrected chi connectivity index (χ0v) is 19.8. The van der Waals surface area contributed by atoms with Gasteiger partial charge in [0.2, 0.25) is 0 Å². The fourth-order valence-corrected chi connectivity index (χ4v) is 4.79. The number of carbonyl (C=O) groups is 2. The molecular formula is C24H29NO6S. The van der Waals surface area contributed by atoms with Crippen LogP contribution in [0.2, 0.25) is 0 Å². The fraction of sp³-hybridized carbons (Fsp3) is 0.417. The third-order valence-electron chi connectivity index (χ3n) is 5.35. The van der Waals surface area contributed by atoms with E-state index in [1.54, 1.807) is 18.2 Å². The first-order valence-corrected chi connectivity index (χ1v) is 11.3. The average Bonchev–Trinajstić information content (AvgIpc) is 3.30. The number of ketones is 1. The van der Waals surface area contributed by atoms with Crippen molar-refractivity contribution in [2.45, 2.75) is 39.3 Å². The van der Waals surface area contributed by atoms with Crippen molar-refractivity contribution < 1.29 is 28.9 Å². The molecule has 1 N–H and O–H groups in total. The van der Waals surface area contributed by atoms with Crippen LogP contribution in [-0.4, -0.2) is 55.2 Å². The number of aliphatic hydroxyl groups is 1. The summed E-state index contributed by atoms with van der Waals surface area (Å²) >= 11 is 1.45. The molecule has 0 bridgehead atoms. The number of nitrogens with zero attached hydrogens (tertiary/aromatic N) is 1. The lowest BCUT2D eigenvalue weighted by atomic mass is 9.97. The van der Waals surface area contributed by atoms with E-state index >= 15 is 0 Å². The van der Waals surface area contributed by atoms with E-state index in [1.807, 2.05) is 32.2 Å². The number of hydrogen-bond donors (Lipinski definition) is 1. The number of Topliss-reactive ketones (excluding diaryl/α,β-unsaturated/α-hetero) is 1. The number of rotatable bonds is 9. The molecule has 1 amide bonds. The maximum Gasteiger partial charge on any atom is 0.295 e. The van der Waals surface area contributed by atoms with Gasteiger partial charge in [-0.25, -0.2) is 0 Å². The number of aliphatic hydroxyl groups excluding tert-OH is 1. The van der Waals surface area contributed by atoms with E-state index in [0.717, 1.165) is 10.4 Å². The molecule has 1 aromatic carbocycles. The molecule has 0 radical (unpaired) electrons. The maximum absolute atomic E-state index is 13.1. The number of carbonyl (C=O) groups excluding carboxylic acids is 2. The van der Waals surface area contributed by atoms with Gasteiger partial charge in [0.05, 0.1) is 37.5 Å². The summed E-state index contributed by atoms with van der Waals surface area (Å²) < 4.78 is 16.3. The van der Waals surface area contributed by atoms with E-state index < -0.39 is 17.7 Å². The highest BCUT2D eigenvalue weighted by atomic mass is 32.1. The standard InChI is InChI=1S/C24H29NO6S/c1-14(2)31-11-6-10-25-20(23-15(3)9-12-32-23)19(22(27)24(25)28)21(26)17-13-16(29-4)7-8-18(17)30-5/h7-9,12-14,20,26H,6,10-11H2,1-5H3/b21-19+. The number of methoxy groups -OCH3 is 2. The normalized spacial score (nSPS) is 17.9. The number of hydrogen-bond acceptors (Lipinski definition) is 7. The maximum atomic E-state index is 13.1. The number of thiophene rings is 1. The molecule has 0 aliphatic carbocycles. The van der Waals surface area contributed by atoms with Gasteiger partial charge in [0.25, 0.3) is 11.7 Å². The summed E-state index contributed by atoms with van der Waals surface area (Å²) in [5.41, 5.74) is 1.30. The molecule has 1 atom stereocenters. The van der Waals surface area contributed by atoms with Crippen LogP contribution in [0.3, 0.4) is 0 Å². The summed E-state index contributed by atoms with van der Waals surface area (Å²) in [6.07, 6.45) is 0.663. The summed E-state index contributed by atoms with van der Waals surface area (Å²) in [7, 11) is 2.99. The Morgan fingerprint density at radius 2 is 1.94 bits per heavy atom. The third-order valence-corrected chi connectivity index (χ3v) is 6.42. The van der Waals surface area contributed by atoms with Crippen LogP contribution in [0, 0.1) is 6.92 Å². The van der Waals surface area contributed by atoms with Gasteiger partial charge in [-0.1, -0.05) is 0 Å². The van der Waals surface area contributed by atoms with Crippen molar-refractivity contribution in [1.82, 2.24) is 4.90 Å². The van der Waals surface area contributed by atoms with Crippen LogP contribution >= 0.6 is 11.3 Å². The Bertz CT molecular complexity index is 1030. The molecule has 8 heteroatoms. The van der Waals surface area contributed by atoms with Gasteiger partial charge in [-0.2, -0.15) is 0 Å². The molecule has 2 heterocycles. The molecule has 0 saturated carbocycles. The predicted octanol–water partition coefficient (Wildman–Crippen LogP) is 4.31. The number of aryl methyl sites for hydroxylation is 1. The van der Waals surface area contributed by atoms with Gasteiger partial charge in [-0.05, 0) is 62.4 Å². The second-order valence-electron chi connectivity index (χ2n) is 7.80. The lowest BCUT2D eigenvalue weighted by Gasteiger charge is -2.25. The van der Waals surface area contributed by atoms with E-state index in [9.17, 15) is 14.7 Å². The van der Waals surface area contributed by atoms with E-state index in [4.69, 9.17) is 14.2 Å². The van der Waals surface area contributed by atoms with E-state index in [0.29, 0.717) is 36.6 Å². The molecule has 32 heavy (non-hydrogen) atoms. The zero-order chi connectivity index (χ0) is 23.4. The van der Waals surface area contributed by atoms with Gasteiger partial charge >= 0.3 is 0 Å². The van der Waals surface area contributed by atoms with Crippen LogP contribution in [0.1, 0.15) is 42.3 Å². The average molecular weight is 460 g/mol. The third kappa shape index (κ3) is 4.66. The smallest absolute Gasteiger partial charge is 0.295 e. The molecule has 1 aliphatic heterocycles.